The molecule has 0 saturated heterocycles. The van der Waals surface area contributed by atoms with E-state index in [1.54, 1.807) is 12.1 Å². The molecule has 176 valence electrons. The number of ether oxygens (including phenoxy) is 1. The Labute approximate surface area is 205 Å². The van der Waals surface area contributed by atoms with E-state index >= 15 is 0 Å². The first kappa shape index (κ1) is 23.8. The Morgan fingerprint density at radius 3 is 2.47 bits per heavy atom. The van der Waals surface area contributed by atoms with E-state index in [2.05, 4.69) is 35.9 Å². The number of rotatable bonds is 9. The van der Waals surface area contributed by atoms with Gasteiger partial charge in [0.05, 0.1) is 30.0 Å². The van der Waals surface area contributed by atoms with Gasteiger partial charge in [-0.1, -0.05) is 67.9 Å². The molecule has 4 aromatic rings. The Kier molecular flexibility index (Phi) is 7.53. The van der Waals surface area contributed by atoms with Crippen molar-refractivity contribution in [3.8, 4) is 5.75 Å². The Morgan fingerprint density at radius 1 is 1.00 bits per heavy atom. The quantitative estimate of drug-likeness (QED) is 0.308. The number of fused-ring (bicyclic) bond motifs is 1. The normalized spacial score (nSPS) is 12.1. The Balaban J connectivity index is 1.49. The molecule has 0 fully saturated rings. The molecule has 0 aliphatic carbocycles. The van der Waals surface area contributed by atoms with Crippen LogP contribution in [0.4, 0.5) is 0 Å². The van der Waals surface area contributed by atoms with E-state index in [-0.39, 0.29) is 18.4 Å². The van der Waals surface area contributed by atoms with E-state index in [1.807, 2.05) is 55.5 Å². The van der Waals surface area contributed by atoms with E-state index < -0.39 is 0 Å². The second-order valence-corrected chi connectivity index (χ2v) is 9.18. The van der Waals surface area contributed by atoms with Crippen LogP contribution in [0, 0.1) is 0 Å². The lowest BCUT2D eigenvalue weighted by Crippen LogP contribution is -2.30. The van der Waals surface area contributed by atoms with Gasteiger partial charge in [0.2, 0.25) is 5.91 Å². The number of carbonyl (C=O) groups excluding carboxylic acids is 1. The standard InChI is InChI=1S/C28H30ClN3O2/c1-19(2)23-8-4-7-11-26(23)34-17-16-32-25-10-6-5-9-24(25)31-28(32)20(3)30-27(33)18-21-12-14-22(29)15-13-21/h4-15,19-20H,16-18H2,1-3H3,(H,30,33). The van der Waals surface area contributed by atoms with Gasteiger partial charge in [-0.25, -0.2) is 4.98 Å². The minimum absolute atomic E-state index is 0.0597. The number of halogens is 1. The first-order valence-corrected chi connectivity index (χ1v) is 12.0. The molecule has 4 rings (SSSR count). The van der Waals surface area contributed by atoms with Gasteiger partial charge in [-0.15, -0.1) is 0 Å². The lowest BCUT2D eigenvalue weighted by atomic mass is 10.0. The Bertz CT molecular complexity index is 1260. The van der Waals surface area contributed by atoms with Gasteiger partial charge in [-0.2, -0.15) is 0 Å². The van der Waals surface area contributed by atoms with Crippen LogP contribution in [0.1, 0.15) is 49.7 Å². The molecule has 5 nitrogen and oxygen atoms in total. The molecule has 1 heterocycles. The summed E-state index contributed by atoms with van der Waals surface area (Å²) in [6.45, 7) is 7.42. The predicted molar refractivity (Wildman–Crippen MR) is 137 cm³/mol. The average molecular weight is 476 g/mol. The maximum atomic E-state index is 12.7. The molecule has 0 aliphatic heterocycles. The molecule has 1 atom stereocenters. The molecule has 3 aromatic carbocycles. The van der Waals surface area contributed by atoms with E-state index in [1.165, 1.54) is 5.56 Å². The van der Waals surface area contributed by atoms with Gasteiger partial charge in [-0.05, 0) is 54.3 Å². The molecule has 1 N–H and O–H groups in total. The van der Waals surface area contributed by atoms with Crippen molar-refractivity contribution in [1.29, 1.82) is 0 Å². The first-order valence-electron chi connectivity index (χ1n) is 11.6. The SMILES string of the molecule is CC(C)c1ccccc1OCCn1c(C(C)NC(=O)Cc2ccc(Cl)cc2)nc2ccccc21. The molecule has 0 radical (unpaired) electrons. The molecule has 0 saturated carbocycles. The number of amides is 1. The average Bonchev–Trinajstić information content (AvgIpc) is 3.19. The highest BCUT2D eigenvalue weighted by Crippen LogP contribution is 2.26. The van der Waals surface area contributed by atoms with Crippen LogP contribution in [0.25, 0.3) is 11.0 Å². The van der Waals surface area contributed by atoms with E-state index in [9.17, 15) is 4.79 Å². The van der Waals surface area contributed by atoms with Crippen molar-refractivity contribution in [1.82, 2.24) is 14.9 Å². The zero-order chi connectivity index (χ0) is 24.1. The van der Waals surface area contributed by atoms with Crippen LogP contribution < -0.4 is 10.1 Å². The first-order chi connectivity index (χ1) is 16.4. The van der Waals surface area contributed by atoms with Crippen molar-refractivity contribution < 1.29 is 9.53 Å². The highest BCUT2D eigenvalue weighted by Gasteiger charge is 2.19. The molecule has 0 spiro atoms. The van der Waals surface area contributed by atoms with Crippen LogP contribution in [0.15, 0.2) is 72.8 Å². The van der Waals surface area contributed by atoms with Crippen LogP contribution in [-0.4, -0.2) is 22.1 Å². The summed E-state index contributed by atoms with van der Waals surface area (Å²) in [6.07, 6.45) is 0.289. The second kappa shape index (κ2) is 10.7. The number of benzene rings is 3. The zero-order valence-electron chi connectivity index (χ0n) is 19.8. The minimum atomic E-state index is -0.254. The third-order valence-corrected chi connectivity index (χ3v) is 6.09. The maximum absolute atomic E-state index is 12.7. The van der Waals surface area contributed by atoms with Crippen molar-refractivity contribution in [3.05, 3.63) is 94.8 Å². The molecule has 0 bridgehead atoms. The van der Waals surface area contributed by atoms with Crippen LogP contribution in [-0.2, 0) is 17.8 Å². The number of hydrogen-bond donors (Lipinski definition) is 1. The Morgan fingerprint density at radius 2 is 1.71 bits per heavy atom. The topological polar surface area (TPSA) is 56.1 Å². The second-order valence-electron chi connectivity index (χ2n) is 8.74. The number of aromatic nitrogens is 2. The summed E-state index contributed by atoms with van der Waals surface area (Å²) in [5.41, 5.74) is 4.04. The van der Waals surface area contributed by atoms with Crippen molar-refractivity contribution in [2.24, 2.45) is 0 Å². The van der Waals surface area contributed by atoms with Gasteiger partial charge in [0.25, 0.3) is 0 Å². The number of imidazole rings is 1. The summed E-state index contributed by atoms with van der Waals surface area (Å²) in [6, 6.07) is 23.3. The van der Waals surface area contributed by atoms with Crippen molar-refractivity contribution in [2.45, 2.75) is 45.7 Å². The van der Waals surface area contributed by atoms with Gasteiger partial charge < -0.3 is 14.6 Å². The highest BCUT2D eigenvalue weighted by molar-refractivity contribution is 6.30. The summed E-state index contributed by atoms with van der Waals surface area (Å²) in [5.74, 6) is 2.05. The lowest BCUT2D eigenvalue weighted by Gasteiger charge is -2.18. The van der Waals surface area contributed by atoms with Gasteiger partial charge in [-0.3, -0.25) is 4.79 Å². The third-order valence-electron chi connectivity index (χ3n) is 5.84. The molecule has 0 aliphatic rings. The van der Waals surface area contributed by atoms with Gasteiger partial charge in [0.15, 0.2) is 0 Å². The third kappa shape index (κ3) is 5.60. The van der Waals surface area contributed by atoms with Crippen LogP contribution in [0.2, 0.25) is 5.02 Å². The fourth-order valence-corrected chi connectivity index (χ4v) is 4.27. The number of hydrogen-bond acceptors (Lipinski definition) is 3. The number of carbonyl (C=O) groups is 1. The number of nitrogens with zero attached hydrogens (tertiary/aromatic N) is 2. The number of para-hydroxylation sites is 3. The molecule has 1 amide bonds. The van der Waals surface area contributed by atoms with Gasteiger partial charge in [0.1, 0.15) is 18.2 Å². The minimum Gasteiger partial charge on any atom is -0.491 e. The summed E-state index contributed by atoms with van der Waals surface area (Å²) < 4.78 is 8.32. The monoisotopic (exact) mass is 475 g/mol. The smallest absolute Gasteiger partial charge is 0.224 e. The zero-order valence-corrected chi connectivity index (χ0v) is 20.5. The van der Waals surface area contributed by atoms with E-state index in [0.717, 1.165) is 28.2 Å². The Hall–Kier alpha value is -3.31. The van der Waals surface area contributed by atoms with E-state index in [4.69, 9.17) is 21.3 Å². The van der Waals surface area contributed by atoms with E-state index in [0.29, 0.717) is 24.1 Å². The van der Waals surface area contributed by atoms with Crippen molar-refractivity contribution >= 4 is 28.5 Å². The van der Waals surface area contributed by atoms with Crippen molar-refractivity contribution in [2.75, 3.05) is 6.61 Å². The molecule has 6 heteroatoms. The van der Waals surface area contributed by atoms with Gasteiger partial charge in [0, 0.05) is 5.02 Å². The van der Waals surface area contributed by atoms with Crippen LogP contribution in [0.3, 0.4) is 0 Å². The predicted octanol–water partition coefficient (Wildman–Crippen LogP) is 6.31. The molecule has 1 aromatic heterocycles. The largest absolute Gasteiger partial charge is 0.491 e. The molecular weight excluding hydrogens is 446 g/mol. The molecule has 1 unspecified atom stereocenters. The van der Waals surface area contributed by atoms with Gasteiger partial charge >= 0.3 is 0 Å². The summed E-state index contributed by atoms with van der Waals surface area (Å²) in [4.78, 5) is 17.5. The summed E-state index contributed by atoms with van der Waals surface area (Å²) in [7, 11) is 0. The number of nitrogens with one attached hydrogen (secondary N) is 1. The summed E-state index contributed by atoms with van der Waals surface area (Å²) in [5, 5.41) is 3.75. The van der Waals surface area contributed by atoms with Crippen LogP contribution >= 0.6 is 11.6 Å². The highest BCUT2D eigenvalue weighted by atomic mass is 35.5. The molecule has 34 heavy (non-hydrogen) atoms. The lowest BCUT2D eigenvalue weighted by molar-refractivity contribution is -0.121. The maximum Gasteiger partial charge on any atom is 0.224 e. The fraction of sp³-hybridized carbons (Fsp3) is 0.286. The fourth-order valence-electron chi connectivity index (χ4n) is 4.14. The van der Waals surface area contributed by atoms with Crippen molar-refractivity contribution in [3.63, 3.8) is 0 Å². The molecular formula is C28H30ClN3O2. The summed E-state index contributed by atoms with van der Waals surface area (Å²) >= 11 is 5.95. The van der Waals surface area contributed by atoms with Crippen LogP contribution in [0.5, 0.6) is 5.75 Å².